The number of hydrogen-bond donors (Lipinski definition) is 0. The van der Waals surface area contributed by atoms with Crippen molar-refractivity contribution >= 4 is 0 Å². The van der Waals surface area contributed by atoms with Gasteiger partial charge in [-0.05, 0) is 74.0 Å². The van der Waals surface area contributed by atoms with Crippen molar-refractivity contribution in [1.29, 1.82) is 0 Å². The summed E-state index contributed by atoms with van der Waals surface area (Å²) in [6.07, 6.45) is 12.8. The maximum atomic E-state index is 1.64. The monoisotopic (exact) mass is 190 g/mol. The van der Waals surface area contributed by atoms with Crippen molar-refractivity contribution < 1.29 is 0 Å². The highest BCUT2D eigenvalue weighted by atomic mass is 14.6. The van der Waals surface area contributed by atoms with Gasteiger partial charge in [-0.3, -0.25) is 0 Å². The molecule has 0 aromatic rings. The van der Waals surface area contributed by atoms with Gasteiger partial charge < -0.3 is 0 Å². The Hall–Kier alpha value is 0. The molecule has 78 valence electrons. The molecule has 4 aliphatic rings. The van der Waals surface area contributed by atoms with Gasteiger partial charge in [0.2, 0.25) is 0 Å². The van der Waals surface area contributed by atoms with E-state index < -0.39 is 0 Å². The SMILES string of the molecule is C1CC2CCC(C3CC4CCC43)C2C1. The molecule has 0 nitrogen and oxygen atoms in total. The molecule has 4 saturated carbocycles. The first-order valence-electron chi connectivity index (χ1n) is 6.93. The molecule has 4 fully saturated rings. The molecule has 0 aromatic carbocycles. The van der Waals surface area contributed by atoms with Gasteiger partial charge in [0.1, 0.15) is 0 Å². The van der Waals surface area contributed by atoms with Gasteiger partial charge in [-0.25, -0.2) is 0 Å². The molecule has 6 atom stereocenters. The zero-order chi connectivity index (χ0) is 9.12. The lowest BCUT2D eigenvalue weighted by Gasteiger charge is -2.56. The molecular weight excluding hydrogens is 168 g/mol. The molecule has 0 aliphatic heterocycles. The molecule has 0 radical (unpaired) electrons. The Morgan fingerprint density at radius 2 is 1.29 bits per heavy atom. The third-order valence-corrected chi connectivity index (χ3v) is 6.29. The van der Waals surface area contributed by atoms with E-state index >= 15 is 0 Å². The van der Waals surface area contributed by atoms with E-state index in [1.807, 2.05) is 0 Å². The fourth-order valence-electron chi connectivity index (χ4n) is 5.41. The highest BCUT2D eigenvalue weighted by Crippen LogP contribution is 2.62. The molecule has 0 heteroatoms. The van der Waals surface area contributed by atoms with E-state index in [0.29, 0.717) is 0 Å². The molecule has 0 saturated heterocycles. The van der Waals surface area contributed by atoms with E-state index in [4.69, 9.17) is 0 Å². The minimum Gasteiger partial charge on any atom is -0.0527 e. The van der Waals surface area contributed by atoms with Crippen molar-refractivity contribution in [1.82, 2.24) is 0 Å². The molecule has 14 heavy (non-hydrogen) atoms. The zero-order valence-corrected chi connectivity index (χ0v) is 9.12. The van der Waals surface area contributed by atoms with Crippen LogP contribution in [0.5, 0.6) is 0 Å². The Morgan fingerprint density at radius 1 is 0.500 bits per heavy atom. The summed E-state index contributed by atoms with van der Waals surface area (Å²) < 4.78 is 0. The molecule has 0 spiro atoms. The van der Waals surface area contributed by atoms with Crippen LogP contribution in [0.15, 0.2) is 0 Å². The quantitative estimate of drug-likeness (QED) is 0.589. The summed E-state index contributed by atoms with van der Waals surface area (Å²) in [6.45, 7) is 0. The predicted octanol–water partition coefficient (Wildman–Crippen LogP) is 3.86. The van der Waals surface area contributed by atoms with Gasteiger partial charge >= 0.3 is 0 Å². The summed E-state index contributed by atoms with van der Waals surface area (Å²) in [7, 11) is 0. The second-order valence-electron chi connectivity index (χ2n) is 6.50. The fourth-order valence-corrected chi connectivity index (χ4v) is 5.41. The van der Waals surface area contributed by atoms with E-state index in [9.17, 15) is 0 Å². The lowest BCUT2D eigenvalue weighted by Crippen LogP contribution is -2.48. The highest BCUT2D eigenvalue weighted by Gasteiger charge is 2.54. The summed E-state index contributed by atoms with van der Waals surface area (Å²) in [4.78, 5) is 0. The van der Waals surface area contributed by atoms with Crippen LogP contribution in [0, 0.1) is 35.5 Å². The summed E-state index contributed by atoms with van der Waals surface area (Å²) in [5, 5.41) is 0. The van der Waals surface area contributed by atoms with Crippen LogP contribution >= 0.6 is 0 Å². The van der Waals surface area contributed by atoms with E-state index in [-0.39, 0.29) is 0 Å². The first kappa shape index (κ1) is 8.19. The third kappa shape index (κ3) is 0.907. The van der Waals surface area contributed by atoms with Crippen LogP contribution in [0.1, 0.15) is 51.4 Å². The Balaban J connectivity index is 1.50. The van der Waals surface area contributed by atoms with Gasteiger partial charge in [0, 0.05) is 0 Å². The van der Waals surface area contributed by atoms with Crippen LogP contribution in [-0.2, 0) is 0 Å². The fraction of sp³-hybridized carbons (Fsp3) is 1.00. The third-order valence-electron chi connectivity index (χ3n) is 6.29. The summed E-state index contributed by atoms with van der Waals surface area (Å²) in [5.74, 6) is 7.21. The van der Waals surface area contributed by atoms with Crippen molar-refractivity contribution in [3.8, 4) is 0 Å². The molecule has 6 unspecified atom stereocenters. The van der Waals surface area contributed by atoms with Gasteiger partial charge in [-0.1, -0.05) is 12.8 Å². The Morgan fingerprint density at radius 3 is 2.00 bits per heavy atom. The molecule has 0 amide bonds. The van der Waals surface area contributed by atoms with Crippen LogP contribution in [0.25, 0.3) is 0 Å². The van der Waals surface area contributed by atoms with Gasteiger partial charge in [0.25, 0.3) is 0 Å². The van der Waals surface area contributed by atoms with Gasteiger partial charge in [0.05, 0.1) is 0 Å². The van der Waals surface area contributed by atoms with Crippen molar-refractivity contribution in [2.75, 3.05) is 0 Å². The van der Waals surface area contributed by atoms with Gasteiger partial charge in [-0.2, -0.15) is 0 Å². The largest absolute Gasteiger partial charge is 0.0527 e. The van der Waals surface area contributed by atoms with E-state index in [2.05, 4.69) is 0 Å². The number of rotatable bonds is 1. The molecule has 0 heterocycles. The van der Waals surface area contributed by atoms with Gasteiger partial charge in [-0.15, -0.1) is 0 Å². The van der Waals surface area contributed by atoms with Crippen molar-refractivity contribution in [3.05, 3.63) is 0 Å². The number of hydrogen-bond acceptors (Lipinski definition) is 0. The van der Waals surface area contributed by atoms with Crippen molar-refractivity contribution in [2.24, 2.45) is 35.5 Å². The number of fused-ring (bicyclic) bond motifs is 2. The molecule has 0 N–H and O–H groups in total. The molecule has 0 aromatic heterocycles. The molecule has 4 rings (SSSR count). The molecule has 4 aliphatic carbocycles. The second-order valence-corrected chi connectivity index (χ2v) is 6.50. The average molecular weight is 190 g/mol. The highest BCUT2D eigenvalue weighted by molar-refractivity contribution is 5.03. The smallest absolute Gasteiger partial charge is 0.0349 e. The summed E-state index contributed by atoms with van der Waals surface area (Å²) in [5.41, 5.74) is 0. The predicted molar refractivity (Wildman–Crippen MR) is 57.9 cm³/mol. The second kappa shape index (κ2) is 2.77. The zero-order valence-electron chi connectivity index (χ0n) is 9.12. The van der Waals surface area contributed by atoms with E-state index in [1.165, 1.54) is 35.5 Å². The van der Waals surface area contributed by atoms with Crippen molar-refractivity contribution in [2.45, 2.75) is 51.4 Å². The lowest BCUT2D eigenvalue weighted by molar-refractivity contribution is -0.0681. The van der Waals surface area contributed by atoms with E-state index in [0.717, 1.165) is 0 Å². The Kier molecular flexibility index (Phi) is 1.62. The van der Waals surface area contributed by atoms with Crippen LogP contribution in [0.2, 0.25) is 0 Å². The first-order chi connectivity index (χ1) is 6.93. The summed E-state index contributed by atoms with van der Waals surface area (Å²) in [6, 6.07) is 0. The van der Waals surface area contributed by atoms with Crippen LogP contribution in [0.3, 0.4) is 0 Å². The first-order valence-corrected chi connectivity index (χ1v) is 6.93. The Labute approximate surface area is 87.5 Å². The van der Waals surface area contributed by atoms with Crippen molar-refractivity contribution in [3.63, 3.8) is 0 Å². The molecule has 0 bridgehead atoms. The van der Waals surface area contributed by atoms with Crippen LogP contribution in [0.4, 0.5) is 0 Å². The van der Waals surface area contributed by atoms with E-state index in [1.54, 1.807) is 51.4 Å². The Bertz CT molecular complexity index is 244. The van der Waals surface area contributed by atoms with Crippen LogP contribution < -0.4 is 0 Å². The maximum Gasteiger partial charge on any atom is -0.0349 e. The standard InChI is InChI=1S/C14H22/c1-2-9-4-7-13(11(9)3-1)14-8-10-5-6-12(10)14/h9-14H,1-8H2. The minimum atomic E-state index is 1.18. The topological polar surface area (TPSA) is 0 Å². The van der Waals surface area contributed by atoms with Crippen LogP contribution in [-0.4, -0.2) is 0 Å². The minimum absolute atomic E-state index is 1.18. The maximum absolute atomic E-state index is 1.64. The molecular formula is C14H22. The average Bonchev–Trinajstić information content (AvgIpc) is 2.71. The normalized spacial score (nSPS) is 60.0. The summed E-state index contributed by atoms with van der Waals surface area (Å²) >= 11 is 0. The van der Waals surface area contributed by atoms with Gasteiger partial charge in [0.15, 0.2) is 0 Å². The lowest BCUT2D eigenvalue weighted by atomic mass is 9.49.